The molecule has 3 N–H and O–H groups in total. The Morgan fingerprint density at radius 1 is 1.24 bits per heavy atom. The number of aryl methyl sites for hydroxylation is 1. The molecule has 8 heteroatoms. The second-order valence-corrected chi connectivity index (χ2v) is 8.62. The van der Waals surface area contributed by atoms with Crippen LogP contribution >= 0.6 is 12.4 Å². The van der Waals surface area contributed by atoms with Gasteiger partial charge in [0.2, 0.25) is 15.9 Å². The number of piperidine rings is 1. The van der Waals surface area contributed by atoms with E-state index in [4.69, 9.17) is 0 Å². The molecule has 25 heavy (non-hydrogen) atoms. The van der Waals surface area contributed by atoms with E-state index in [1.807, 2.05) is 0 Å². The SMILES string of the molecule is Cc1ccc(NC(=O)[C@H]2CCN[C@@H](C)C2)cc1S(=O)(=O)NC1CC1.Cl. The lowest BCUT2D eigenvalue weighted by atomic mass is 9.92. The van der Waals surface area contributed by atoms with Crippen LogP contribution < -0.4 is 15.4 Å². The minimum Gasteiger partial charge on any atom is -0.326 e. The Hall–Kier alpha value is -1.15. The fraction of sp³-hybridized carbons (Fsp3) is 0.588. The highest BCUT2D eigenvalue weighted by atomic mass is 35.5. The first-order valence-corrected chi connectivity index (χ1v) is 10.0. The number of rotatable bonds is 5. The highest BCUT2D eigenvalue weighted by molar-refractivity contribution is 7.89. The zero-order valence-corrected chi connectivity index (χ0v) is 16.2. The smallest absolute Gasteiger partial charge is 0.241 e. The maximum atomic E-state index is 12.5. The van der Waals surface area contributed by atoms with Gasteiger partial charge in [0.15, 0.2) is 0 Å². The van der Waals surface area contributed by atoms with Crippen molar-refractivity contribution in [1.82, 2.24) is 10.0 Å². The summed E-state index contributed by atoms with van der Waals surface area (Å²) < 4.78 is 27.6. The predicted octanol–water partition coefficient (Wildman–Crippen LogP) is 2.18. The summed E-state index contributed by atoms with van der Waals surface area (Å²) in [6.45, 7) is 4.67. The molecule has 3 rings (SSSR count). The molecule has 140 valence electrons. The molecule has 1 saturated heterocycles. The Kier molecular flexibility index (Phi) is 6.48. The normalized spacial score (nSPS) is 23.6. The van der Waals surface area contributed by atoms with E-state index in [0.29, 0.717) is 17.3 Å². The maximum Gasteiger partial charge on any atom is 0.241 e. The number of hydrogen-bond donors (Lipinski definition) is 3. The van der Waals surface area contributed by atoms with E-state index < -0.39 is 10.0 Å². The molecule has 6 nitrogen and oxygen atoms in total. The van der Waals surface area contributed by atoms with Crippen molar-refractivity contribution < 1.29 is 13.2 Å². The summed E-state index contributed by atoms with van der Waals surface area (Å²) in [6, 6.07) is 5.44. The molecule has 1 aromatic carbocycles. The van der Waals surface area contributed by atoms with Crippen molar-refractivity contribution >= 4 is 34.0 Å². The zero-order chi connectivity index (χ0) is 17.3. The topological polar surface area (TPSA) is 87.3 Å². The number of anilines is 1. The van der Waals surface area contributed by atoms with Crippen molar-refractivity contribution in [3.05, 3.63) is 23.8 Å². The molecule has 0 radical (unpaired) electrons. The Morgan fingerprint density at radius 2 is 1.96 bits per heavy atom. The highest BCUT2D eigenvalue weighted by Gasteiger charge is 2.29. The van der Waals surface area contributed by atoms with E-state index in [2.05, 4.69) is 22.3 Å². The van der Waals surface area contributed by atoms with Gasteiger partial charge in [0.05, 0.1) is 4.90 Å². The molecular formula is C17H26ClN3O3S. The molecule has 1 aromatic rings. The lowest BCUT2D eigenvalue weighted by Crippen LogP contribution is -2.40. The largest absolute Gasteiger partial charge is 0.326 e. The summed E-state index contributed by atoms with van der Waals surface area (Å²) in [5.41, 5.74) is 1.21. The number of halogens is 1. The number of carbonyl (C=O) groups is 1. The quantitative estimate of drug-likeness (QED) is 0.722. The van der Waals surface area contributed by atoms with Gasteiger partial charge in [-0.1, -0.05) is 6.07 Å². The summed E-state index contributed by atoms with van der Waals surface area (Å²) in [6.07, 6.45) is 3.38. The van der Waals surface area contributed by atoms with Crippen LogP contribution in [-0.4, -0.2) is 33.0 Å². The van der Waals surface area contributed by atoms with Crippen molar-refractivity contribution in [2.75, 3.05) is 11.9 Å². The Morgan fingerprint density at radius 3 is 2.60 bits per heavy atom. The van der Waals surface area contributed by atoms with Crippen LogP contribution in [0.4, 0.5) is 5.69 Å². The minimum atomic E-state index is -3.53. The Bertz CT molecular complexity index is 735. The first-order valence-electron chi connectivity index (χ1n) is 8.52. The van der Waals surface area contributed by atoms with E-state index in [0.717, 1.165) is 32.2 Å². The molecule has 1 aliphatic carbocycles. The van der Waals surface area contributed by atoms with Crippen LogP contribution in [0.5, 0.6) is 0 Å². The molecule has 1 aliphatic heterocycles. The summed E-state index contributed by atoms with van der Waals surface area (Å²) in [5, 5.41) is 6.21. The van der Waals surface area contributed by atoms with Gasteiger partial charge in [-0.2, -0.15) is 0 Å². The standard InChI is InChI=1S/C17H25N3O3S.ClH/c1-11-3-4-15(10-16(11)24(22,23)20-14-5-6-14)19-17(21)13-7-8-18-12(2)9-13;/h3-4,10,12-14,18,20H,5-9H2,1-2H3,(H,19,21);1H/t12-,13-;/m0./s1. The Labute approximate surface area is 155 Å². The van der Waals surface area contributed by atoms with Gasteiger partial charge in [-0.05, 0) is 63.8 Å². The van der Waals surface area contributed by atoms with E-state index in [9.17, 15) is 13.2 Å². The third-order valence-electron chi connectivity index (χ3n) is 4.64. The van der Waals surface area contributed by atoms with Gasteiger partial charge in [0, 0.05) is 23.7 Å². The number of amides is 1. The number of carbonyl (C=O) groups excluding carboxylic acids is 1. The average molecular weight is 388 g/mol. The van der Waals surface area contributed by atoms with E-state index >= 15 is 0 Å². The molecule has 2 aliphatic rings. The van der Waals surface area contributed by atoms with E-state index in [-0.39, 0.29) is 35.2 Å². The number of nitrogens with one attached hydrogen (secondary N) is 3. The first-order chi connectivity index (χ1) is 11.3. The van der Waals surface area contributed by atoms with Gasteiger partial charge in [-0.3, -0.25) is 4.79 Å². The van der Waals surface area contributed by atoms with E-state index in [1.54, 1.807) is 25.1 Å². The maximum absolute atomic E-state index is 12.5. The number of sulfonamides is 1. The molecule has 0 unspecified atom stereocenters. The van der Waals surface area contributed by atoms with Crippen molar-refractivity contribution in [1.29, 1.82) is 0 Å². The Balaban J connectivity index is 0.00000225. The molecule has 1 heterocycles. The third kappa shape index (κ3) is 5.17. The van der Waals surface area contributed by atoms with Crippen molar-refractivity contribution in [3.8, 4) is 0 Å². The van der Waals surface area contributed by atoms with Crippen LogP contribution in [-0.2, 0) is 14.8 Å². The van der Waals surface area contributed by atoms with Gasteiger partial charge in [0.25, 0.3) is 0 Å². The predicted molar refractivity (Wildman–Crippen MR) is 101 cm³/mol. The summed E-state index contributed by atoms with van der Waals surface area (Å²) in [7, 11) is -3.53. The van der Waals surface area contributed by atoms with Crippen molar-refractivity contribution in [3.63, 3.8) is 0 Å². The summed E-state index contributed by atoms with van der Waals surface area (Å²) in [4.78, 5) is 12.7. The summed E-state index contributed by atoms with van der Waals surface area (Å²) in [5.74, 6) is -0.0714. The lowest BCUT2D eigenvalue weighted by Gasteiger charge is -2.27. The van der Waals surface area contributed by atoms with E-state index in [1.165, 1.54) is 0 Å². The monoisotopic (exact) mass is 387 g/mol. The van der Waals surface area contributed by atoms with Crippen molar-refractivity contribution in [2.24, 2.45) is 5.92 Å². The average Bonchev–Trinajstić information content (AvgIpc) is 3.32. The molecule has 1 amide bonds. The van der Waals surface area contributed by atoms with Gasteiger partial charge in [-0.25, -0.2) is 13.1 Å². The molecule has 2 atom stereocenters. The lowest BCUT2D eigenvalue weighted by molar-refractivity contribution is -0.120. The van der Waals surface area contributed by atoms with Gasteiger partial charge in [0.1, 0.15) is 0 Å². The second-order valence-electron chi connectivity index (χ2n) is 6.94. The highest BCUT2D eigenvalue weighted by Crippen LogP contribution is 2.26. The van der Waals surface area contributed by atoms with Crippen LogP contribution in [0.15, 0.2) is 23.1 Å². The molecule has 1 saturated carbocycles. The van der Waals surface area contributed by atoms with Crippen LogP contribution in [0.25, 0.3) is 0 Å². The molecule has 0 bridgehead atoms. The fourth-order valence-corrected chi connectivity index (χ4v) is 4.64. The first kappa shape index (κ1) is 20.2. The van der Waals surface area contributed by atoms with Crippen LogP contribution in [0.3, 0.4) is 0 Å². The van der Waals surface area contributed by atoms with Crippen LogP contribution in [0.1, 0.15) is 38.2 Å². The summed E-state index contributed by atoms with van der Waals surface area (Å²) >= 11 is 0. The van der Waals surface area contributed by atoms with Gasteiger partial charge < -0.3 is 10.6 Å². The fourth-order valence-electron chi connectivity index (χ4n) is 3.07. The molecule has 0 aromatic heterocycles. The molecular weight excluding hydrogens is 362 g/mol. The minimum absolute atomic E-state index is 0. The van der Waals surface area contributed by atoms with Crippen LogP contribution in [0.2, 0.25) is 0 Å². The van der Waals surface area contributed by atoms with Crippen LogP contribution in [0, 0.1) is 12.8 Å². The zero-order valence-electron chi connectivity index (χ0n) is 14.5. The van der Waals surface area contributed by atoms with Gasteiger partial charge >= 0.3 is 0 Å². The van der Waals surface area contributed by atoms with Gasteiger partial charge in [-0.15, -0.1) is 12.4 Å². The third-order valence-corrected chi connectivity index (χ3v) is 6.30. The molecule has 2 fully saturated rings. The number of hydrogen-bond acceptors (Lipinski definition) is 4. The second kappa shape index (κ2) is 8.03. The van der Waals surface area contributed by atoms with Crippen molar-refractivity contribution in [2.45, 2.75) is 56.5 Å². The number of benzene rings is 1. The molecule has 0 spiro atoms.